The lowest BCUT2D eigenvalue weighted by atomic mass is 9.97. The molecule has 5 amide bonds. The SMILES string of the molecule is CC[C@H](C)[C@H](N)C(=O)N[C@@H](CO)C(=O)N[C@H](C(=O)N[C@@H](C)C(=O)N[C@@H](CC(N)=O)C(=O)O)[C@@H](C)CC. The number of carbonyl (C=O) groups excluding carboxylic acids is 5. The van der Waals surface area contributed by atoms with Crippen molar-refractivity contribution in [3.63, 3.8) is 0 Å². The van der Waals surface area contributed by atoms with Crippen molar-refractivity contribution in [3.8, 4) is 0 Å². The molecule has 0 spiro atoms. The summed E-state index contributed by atoms with van der Waals surface area (Å²) in [6, 6.07) is -6.20. The van der Waals surface area contributed by atoms with E-state index >= 15 is 0 Å². The van der Waals surface area contributed by atoms with Gasteiger partial charge in [0.15, 0.2) is 0 Å². The van der Waals surface area contributed by atoms with Crippen molar-refractivity contribution >= 4 is 35.5 Å². The first kappa shape index (κ1) is 32.7. The molecule has 14 heteroatoms. The highest BCUT2D eigenvalue weighted by molar-refractivity contribution is 5.96. The third kappa shape index (κ3) is 10.6. The zero-order chi connectivity index (χ0) is 28.2. The third-order valence-electron chi connectivity index (χ3n) is 5.94. The van der Waals surface area contributed by atoms with Crippen LogP contribution in [0.25, 0.3) is 0 Å². The van der Waals surface area contributed by atoms with Gasteiger partial charge in [0.1, 0.15) is 24.2 Å². The second-order valence-electron chi connectivity index (χ2n) is 8.83. The van der Waals surface area contributed by atoms with Crippen molar-refractivity contribution in [3.05, 3.63) is 0 Å². The molecular formula is C22H40N6O8. The lowest BCUT2D eigenvalue weighted by molar-refractivity contribution is -0.143. The molecule has 0 bridgehead atoms. The number of amides is 5. The van der Waals surface area contributed by atoms with Crippen molar-refractivity contribution < 1.29 is 39.0 Å². The molecule has 0 aromatic heterocycles. The zero-order valence-electron chi connectivity index (χ0n) is 21.4. The van der Waals surface area contributed by atoms with Gasteiger partial charge in [0.05, 0.1) is 19.1 Å². The van der Waals surface area contributed by atoms with Crippen LogP contribution in [0.3, 0.4) is 0 Å². The molecule has 206 valence electrons. The molecule has 10 N–H and O–H groups in total. The maximum absolute atomic E-state index is 12.9. The Labute approximate surface area is 210 Å². The molecule has 0 radical (unpaired) electrons. The summed E-state index contributed by atoms with van der Waals surface area (Å²) < 4.78 is 0. The molecule has 36 heavy (non-hydrogen) atoms. The van der Waals surface area contributed by atoms with Crippen molar-refractivity contribution in [1.29, 1.82) is 0 Å². The van der Waals surface area contributed by atoms with E-state index < -0.39 is 84.7 Å². The Morgan fingerprint density at radius 3 is 1.72 bits per heavy atom. The summed E-state index contributed by atoms with van der Waals surface area (Å²) >= 11 is 0. The second-order valence-corrected chi connectivity index (χ2v) is 8.83. The standard InChI is InChI=1S/C22H40N6O8/c1-6-10(3)16(24)20(33)27-14(9-29)19(32)28-17(11(4)7-2)21(34)25-12(5)18(31)26-13(22(35)36)8-15(23)30/h10-14,16-17,29H,6-9,24H2,1-5H3,(H2,23,30)(H,25,34)(H,26,31)(H,27,33)(H,28,32)(H,35,36)/t10-,11-,12-,13-,14-,16-,17-/m0/s1. The third-order valence-corrected chi connectivity index (χ3v) is 5.94. The molecule has 0 unspecified atom stereocenters. The summed E-state index contributed by atoms with van der Waals surface area (Å²) in [7, 11) is 0. The first-order valence-electron chi connectivity index (χ1n) is 11.8. The normalized spacial score (nSPS) is 16.8. The van der Waals surface area contributed by atoms with E-state index in [1.807, 2.05) is 6.92 Å². The van der Waals surface area contributed by atoms with Crippen LogP contribution in [0.4, 0.5) is 0 Å². The molecular weight excluding hydrogens is 476 g/mol. The molecule has 0 aliphatic rings. The average Bonchev–Trinajstić information content (AvgIpc) is 2.82. The number of aliphatic carboxylic acids is 1. The molecule has 0 rings (SSSR count). The van der Waals surface area contributed by atoms with Gasteiger partial charge < -0.3 is 42.9 Å². The number of carboxylic acid groups (broad SMARTS) is 1. The average molecular weight is 517 g/mol. The minimum Gasteiger partial charge on any atom is -0.480 e. The van der Waals surface area contributed by atoms with Crippen LogP contribution >= 0.6 is 0 Å². The molecule has 0 aromatic carbocycles. The van der Waals surface area contributed by atoms with Gasteiger partial charge in [-0.1, -0.05) is 40.5 Å². The number of nitrogens with two attached hydrogens (primary N) is 2. The summed E-state index contributed by atoms with van der Waals surface area (Å²) in [4.78, 5) is 72.6. The Morgan fingerprint density at radius 2 is 1.28 bits per heavy atom. The van der Waals surface area contributed by atoms with Gasteiger partial charge in [-0.25, -0.2) is 4.79 Å². The molecule has 0 saturated carbocycles. The first-order valence-corrected chi connectivity index (χ1v) is 11.8. The van der Waals surface area contributed by atoms with Crippen LogP contribution in [0.5, 0.6) is 0 Å². The Morgan fingerprint density at radius 1 is 0.750 bits per heavy atom. The Kier molecular flexibility index (Phi) is 14.3. The fourth-order valence-corrected chi connectivity index (χ4v) is 3.00. The fraction of sp³-hybridized carbons (Fsp3) is 0.727. The van der Waals surface area contributed by atoms with Gasteiger partial charge in [-0.05, 0) is 18.8 Å². The van der Waals surface area contributed by atoms with Crippen molar-refractivity contribution in [2.75, 3.05) is 6.61 Å². The highest BCUT2D eigenvalue weighted by atomic mass is 16.4. The highest BCUT2D eigenvalue weighted by Gasteiger charge is 2.33. The van der Waals surface area contributed by atoms with Crippen molar-refractivity contribution in [1.82, 2.24) is 21.3 Å². The highest BCUT2D eigenvalue weighted by Crippen LogP contribution is 2.10. The molecule has 0 saturated heterocycles. The summed E-state index contributed by atoms with van der Waals surface area (Å²) in [6.45, 7) is 7.61. The summed E-state index contributed by atoms with van der Waals surface area (Å²) in [5, 5.41) is 28.1. The Hall–Kier alpha value is -3.26. The van der Waals surface area contributed by atoms with Crippen LogP contribution in [0.2, 0.25) is 0 Å². The van der Waals surface area contributed by atoms with Crippen LogP contribution in [0.15, 0.2) is 0 Å². The number of hydrogen-bond acceptors (Lipinski definition) is 8. The number of carbonyl (C=O) groups is 6. The van der Waals surface area contributed by atoms with Gasteiger partial charge in [-0.3, -0.25) is 24.0 Å². The molecule has 0 aromatic rings. The van der Waals surface area contributed by atoms with E-state index in [1.165, 1.54) is 6.92 Å². The maximum atomic E-state index is 12.9. The topological polar surface area (TPSA) is 243 Å². The van der Waals surface area contributed by atoms with Crippen molar-refractivity contribution in [2.24, 2.45) is 23.3 Å². The number of nitrogens with one attached hydrogen (secondary N) is 4. The van der Waals surface area contributed by atoms with Crippen molar-refractivity contribution in [2.45, 2.75) is 84.1 Å². The van der Waals surface area contributed by atoms with E-state index in [0.29, 0.717) is 12.8 Å². The van der Waals surface area contributed by atoms with E-state index in [1.54, 1.807) is 20.8 Å². The summed E-state index contributed by atoms with van der Waals surface area (Å²) in [5.41, 5.74) is 10.9. The molecule has 0 fully saturated rings. The Balaban J connectivity index is 5.37. The minimum absolute atomic E-state index is 0.164. The van der Waals surface area contributed by atoms with Crippen LogP contribution in [-0.4, -0.2) is 82.5 Å². The van der Waals surface area contributed by atoms with Gasteiger partial charge in [0.2, 0.25) is 29.5 Å². The van der Waals surface area contributed by atoms with Gasteiger partial charge in [0.25, 0.3) is 0 Å². The maximum Gasteiger partial charge on any atom is 0.326 e. The molecule has 0 aliphatic heterocycles. The summed E-state index contributed by atoms with van der Waals surface area (Å²) in [6.07, 6.45) is 0.443. The molecule has 7 atom stereocenters. The largest absolute Gasteiger partial charge is 0.480 e. The second kappa shape index (κ2) is 15.7. The Bertz CT molecular complexity index is 807. The molecule has 0 aliphatic carbocycles. The van der Waals surface area contributed by atoms with Crippen LogP contribution < -0.4 is 32.7 Å². The smallest absolute Gasteiger partial charge is 0.326 e. The van der Waals surface area contributed by atoms with E-state index in [-0.39, 0.29) is 5.92 Å². The first-order chi connectivity index (χ1) is 16.7. The van der Waals surface area contributed by atoms with Crippen LogP contribution in [-0.2, 0) is 28.8 Å². The number of rotatable bonds is 16. The lowest BCUT2D eigenvalue weighted by Gasteiger charge is -2.28. The van der Waals surface area contributed by atoms with E-state index in [4.69, 9.17) is 16.6 Å². The number of aliphatic hydroxyl groups excluding tert-OH is 1. The predicted octanol–water partition coefficient (Wildman–Crippen LogP) is -2.68. The van der Waals surface area contributed by atoms with Crippen LogP contribution in [0.1, 0.15) is 53.9 Å². The number of hydrogen-bond donors (Lipinski definition) is 8. The molecule has 14 nitrogen and oxygen atoms in total. The number of carboxylic acids is 1. The minimum atomic E-state index is -1.57. The monoisotopic (exact) mass is 516 g/mol. The zero-order valence-corrected chi connectivity index (χ0v) is 21.4. The number of aliphatic hydroxyl groups is 1. The van der Waals surface area contributed by atoms with Crippen LogP contribution in [0, 0.1) is 11.8 Å². The van der Waals surface area contributed by atoms with E-state index in [2.05, 4.69) is 21.3 Å². The fourth-order valence-electron chi connectivity index (χ4n) is 3.00. The number of primary amides is 1. The quantitative estimate of drug-likeness (QED) is 0.106. The van der Waals surface area contributed by atoms with E-state index in [0.717, 1.165) is 0 Å². The van der Waals surface area contributed by atoms with Gasteiger partial charge in [0, 0.05) is 0 Å². The summed E-state index contributed by atoms with van der Waals surface area (Å²) in [5.74, 6) is -6.08. The molecule has 0 heterocycles. The van der Waals surface area contributed by atoms with Gasteiger partial charge >= 0.3 is 5.97 Å². The van der Waals surface area contributed by atoms with E-state index in [9.17, 15) is 33.9 Å². The van der Waals surface area contributed by atoms with Gasteiger partial charge in [-0.15, -0.1) is 0 Å². The lowest BCUT2D eigenvalue weighted by Crippen LogP contribution is -2.60. The van der Waals surface area contributed by atoms with Gasteiger partial charge in [-0.2, -0.15) is 0 Å². The predicted molar refractivity (Wildman–Crippen MR) is 129 cm³/mol.